The van der Waals surface area contributed by atoms with E-state index in [1.165, 1.54) is 57.2 Å². The van der Waals surface area contributed by atoms with Crippen LogP contribution in [-0.4, -0.2) is 18.0 Å². The number of hydrogen-bond acceptors (Lipinski definition) is 3. The molecule has 2 N–H and O–H groups in total. The van der Waals surface area contributed by atoms with E-state index < -0.39 is 0 Å². The van der Waals surface area contributed by atoms with E-state index in [4.69, 9.17) is 10.2 Å². The standard InChI is InChI=1S/C15H24N2O/c16-10-13-4-9-18-14(13)11-17-8-7-15(12-17)5-2-1-3-6-15/h4,9H,1-3,5-8,10-12,16H2. The Morgan fingerprint density at radius 2 is 2.06 bits per heavy atom. The minimum atomic E-state index is 0.588. The highest BCUT2D eigenvalue weighted by molar-refractivity contribution is 5.16. The Labute approximate surface area is 109 Å². The fraction of sp³-hybridized carbons (Fsp3) is 0.733. The molecule has 3 nitrogen and oxygen atoms in total. The third-order valence-corrected chi connectivity index (χ3v) is 4.86. The molecule has 1 aliphatic heterocycles. The molecule has 0 unspecified atom stereocenters. The molecule has 1 aliphatic carbocycles. The van der Waals surface area contributed by atoms with Gasteiger partial charge >= 0.3 is 0 Å². The van der Waals surface area contributed by atoms with Crippen molar-refractivity contribution in [2.45, 2.75) is 51.6 Å². The van der Waals surface area contributed by atoms with Crippen molar-refractivity contribution < 1.29 is 4.42 Å². The summed E-state index contributed by atoms with van der Waals surface area (Å²) in [6.45, 7) is 4.02. The highest BCUT2D eigenvalue weighted by atomic mass is 16.3. The van der Waals surface area contributed by atoms with Gasteiger partial charge in [-0.05, 0) is 37.3 Å². The predicted octanol–water partition coefficient (Wildman–Crippen LogP) is 2.89. The maximum atomic E-state index is 5.73. The molecule has 1 saturated carbocycles. The van der Waals surface area contributed by atoms with E-state index >= 15 is 0 Å². The minimum absolute atomic E-state index is 0.588. The van der Waals surface area contributed by atoms with Crippen molar-refractivity contribution >= 4 is 0 Å². The van der Waals surface area contributed by atoms with Gasteiger partial charge < -0.3 is 10.2 Å². The number of nitrogens with zero attached hydrogens (tertiary/aromatic N) is 1. The molecule has 1 saturated heterocycles. The molecular formula is C15H24N2O. The molecular weight excluding hydrogens is 224 g/mol. The summed E-state index contributed by atoms with van der Waals surface area (Å²) in [7, 11) is 0. The number of likely N-dealkylation sites (tertiary alicyclic amines) is 1. The summed E-state index contributed by atoms with van der Waals surface area (Å²) >= 11 is 0. The van der Waals surface area contributed by atoms with Crippen LogP contribution < -0.4 is 5.73 Å². The summed E-state index contributed by atoms with van der Waals surface area (Å²) in [4.78, 5) is 2.56. The second kappa shape index (κ2) is 5.06. The number of nitrogens with two attached hydrogens (primary N) is 1. The molecule has 0 amide bonds. The fourth-order valence-electron chi connectivity index (χ4n) is 3.76. The van der Waals surface area contributed by atoms with E-state index in [1.807, 2.05) is 6.07 Å². The quantitative estimate of drug-likeness (QED) is 0.894. The van der Waals surface area contributed by atoms with Crippen LogP contribution in [0.25, 0.3) is 0 Å². The molecule has 0 atom stereocenters. The van der Waals surface area contributed by atoms with Gasteiger partial charge in [0.2, 0.25) is 0 Å². The second-order valence-corrected chi connectivity index (χ2v) is 6.09. The summed E-state index contributed by atoms with van der Waals surface area (Å²) in [5.74, 6) is 1.07. The third-order valence-electron chi connectivity index (χ3n) is 4.86. The fourth-order valence-corrected chi connectivity index (χ4v) is 3.76. The summed E-state index contributed by atoms with van der Waals surface area (Å²) in [6, 6.07) is 2.00. The first-order chi connectivity index (χ1) is 8.81. The number of furan rings is 1. The van der Waals surface area contributed by atoms with E-state index in [-0.39, 0.29) is 0 Å². The lowest BCUT2D eigenvalue weighted by Gasteiger charge is -2.33. The summed E-state index contributed by atoms with van der Waals surface area (Å²) in [5, 5.41) is 0. The van der Waals surface area contributed by atoms with Crippen LogP contribution in [-0.2, 0) is 13.1 Å². The van der Waals surface area contributed by atoms with Crippen LogP contribution in [0.1, 0.15) is 49.8 Å². The van der Waals surface area contributed by atoms with Crippen LogP contribution in [0.4, 0.5) is 0 Å². The summed E-state index contributed by atoms with van der Waals surface area (Å²) in [6.07, 6.45) is 10.3. The molecule has 100 valence electrons. The lowest BCUT2D eigenvalue weighted by molar-refractivity contribution is 0.179. The Morgan fingerprint density at radius 3 is 2.83 bits per heavy atom. The molecule has 18 heavy (non-hydrogen) atoms. The van der Waals surface area contributed by atoms with E-state index in [9.17, 15) is 0 Å². The lowest BCUT2D eigenvalue weighted by Crippen LogP contribution is -2.29. The van der Waals surface area contributed by atoms with Gasteiger partial charge in [0.1, 0.15) is 5.76 Å². The third kappa shape index (κ3) is 2.34. The van der Waals surface area contributed by atoms with Gasteiger partial charge in [0.05, 0.1) is 12.8 Å². The number of rotatable bonds is 3. The van der Waals surface area contributed by atoms with Gasteiger partial charge in [-0.2, -0.15) is 0 Å². The van der Waals surface area contributed by atoms with E-state index in [0.29, 0.717) is 12.0 Å². The topological polar surface area (TPSA) is 42.4 Å². The van der Waals surface area contributed by atoms with Crippen LogP contribution in [0, 0.1) is 5.41 Å². The van der Waals surface area contributed by atoms with Crippen molar-refractivity contribution in [1.29, 1.82) is 0 Å². The maximum absolute atomic E-state index is 5.73. The highest BCUT2D eigenvalue weighted by Crippen LogP contribution is 2.44. The molecule has 1 aromatic heterocycles. The molecule has 0 bridgehead atoms. The first-order valence-electron chi connectivity index (χ1n) is 7.29. The predicted molar refractivity (Wildman–Crippen MR) is 72.0 cm³/mol. The van der Waals surface area contributed by atoms with Gasteiger partial charge in [-0.1, -0.05) is 19.3 Å². The van der Waals surface area contributed by atoms with Crippen LogP contribution >= 0.6 is 0 Å². The van der Waals surface area contributed by atoms with Crippen molar-refractivity contribution in [3.63, 3.8) is 0 Å². The Balaban J connectivity index is 1.62. The van der Waals surface area contributed by atoms with Gasteiger partial charge in [-0.15, -0.1) is 0 Å². The molecule has 1 spiro atoms. The second-order valence-electron chi connectivity index (χ2n) is 6.09. The SMILES string of the molecule is NCc1ccoc1CN1CCC2(CCCCC2)C1. The smallest absolute Gasteiger partial charge is 0.122 e. The molecule has 2 fully saturated rings. The molecule has 0 aromatic carbocycles. The zero-order valence-electron chi connectivity index (χ0n) is 11.2. The van der Waals surface area contributed by atoms with Crippen molar-refractivity contribution in [1.82, 2.24) is 4.90 Å². The van der Waals surface area contributed by atoms with Crippen LogP contribution in [0.5, 0.6) is 0 Å². The molecule has 2 aliphatic rings. The highest BCUT2D eigenvalue weighted by Gasteiger charge is 2.38. The first-order valence-corrected chi connectivity index (χ1v) is 7.29. The van der Waals surface area contributed by atoms with Crippen LogP contribution in [0.3, 0.4) is 0 Å². The van der Waals surface area contributed by atoms with Crippen molar-refractivity contribution in [2.24, 2.45) is 11.1 Å². The molecule has 1 aromatic rings. The molecule has 0 radical (unpaired) electrons. The van der Waals surface area contributed by atoms with Gasteiger partial charge in [-0.25, -0.2) is 0 Å². The average Bonchev–Trinajstić information content (AvgIpc) is 2.99. The average molecular weight is 248 g/mol. The molecule has 3 rings (SSSR count). The van der Waals surface area contributed by atoms with Crippen molar-refractivity contribution in [2.75, 3.05) is 13.1 Å². The van der Waals surface area contributed by atoms with E-state index in [1.54, 1.807) is 6.26 Å². The van der Waals surface area contributed by atoms with Gasteiger partial charge in [0.15, 0.2) is 0 Å². The largest absolute Gasteiger partial charge is 0.468 e. The Morgan fingerprint density at radius 1 is 1.22 bits per heavy atom. The minimum Gasteiger partial charge on any atom is -0.468 e. The van der Waals surface area contributed by atoms with Crippen LogP contribution in [0.15, 0.2) is 16.7 Å². The van der Waals surface area contributed by atoms with Crippen molar-refractivity contribution in [3.05, 3.63) is 23.7 Å². The number of hydrogen-bond donors (Lipinski definition) is 1. The molecule has 2 heterocycles. The lowest BCUT2D eigenvalue weighted by atomic mass is 9.73. The Bertz CT molecular complexity index is 393. The Hall–Kier alpha value is -0.800. The monoisotopic (exact) mass is 248 g/mol. The van der Waals surface area contributed by atoms with Crippen molar-refractivity contribution in [3.8, 4) is 0 Å². The van der Waals surface area contributed by atoms with Gasteiger partial charge in [0.25, 0.3) is 0 Å². The van der Waals surface area contributed by atoms with Crippen LogP contribution in [0.2, 0.25) is 0 Å². The zero-order chi connectivity index (χ0) is 12.4. The Kier molecular flexibility index (Phi) is 3.44. The molecule has 3 heteroatoms. The first kappa shape index (κ1) is 12.2. The summed E-state index contributed by atoms with van der Waals surface area (Å²) < 4.78 is 5.57. The zero-order valence-corrected chi connectivity index (χ0v) is 11.2. The van der Waals surface area contributed by atoms with E-state index in [2.05, 4.69) is 4.90 Å². The van der Waals surface area contributed by atoms with Gasteiger partial charge in [0, 0.05) is 18.7 Å². The summed E-state index contributed by atoms with van der Waals surface area (Å²) in [5.41, 5.74) is 7.53. The van der Waals surface area contributed by atoms with E-state index in [0.717, 1.165) is 12.3 Å². The maximum Gasteiger partial charge on any atom is 0.122 e. The normalized spacial score (nSPS) is 23.8. The van der Waals surface area contributed by atoms with Gasteiger partial charge in [-0.3, -0.25) is 4.90 Å².